The monoisotopic (exact) mass is 558 g/mol. The summed E-state index contributed by atoms with van der Waals surface area (Å²) in [5, 5.41) is 11.5. The van der Waals surface area contributed by atoms with E-state index in [0.717, 1.165) is 44.1 Å². The lowest BCUT2D eigenvalue weighted by Crippen LogP contribution is -2.68. The number of ether oxygens (including phenoxy) is 4. The molecule has 2 aliphatic heterocycles. The molecule has 0 aromatic heterocycles. The summed E-state index contributed by atoms with van der Waals surface area (Å²) in [5.41, 5.74) is -0.0658. The van der Waals surface area contributed by atoms with Gasteiger partial charge in [-0.2, -0.15) is 0 Å². The van der Waals surface area contributed by atoms with Crippen LogP contribution in [0.3, 0.4) is 0 Å². The zero-order valence-corrected chi connectivity index (χ0v) is 24.9. The number of carbonyl (C=O) groups is 3. The molecule has 0 amide bonds. The fourth-order valence-electron chi connectivity index (χ4n) is 10.5. The summed E-state index contributed by atoms with van der Waals surface area (Å²) in [6.07, 6.45) is 3.68. The Morgan fingerprint density at radius 3 is 2.58 bits per heavy atom. The first-order valence-corrected chi connectivity index (χ1v) is 15.4. The Hall–Kier alpha value is -1.77. The van der Waals surface area contributed by atoms with Crippen LogP contribution in [0, 0.1) is 40.4 Å². The molecular weight excluding hydrogens is 512 g/mol. The molecule has 1 N–H and O–H groups in total. The highest BCUT2D eigenvalue weighted by molar-refractivity contribution is 5.90. The summed E-state index contributed by atoms with van der Waals surface area (Å²) in [6, 6.07) is 0. The number of carbonyl (C=O) groups excluding carboxylic acids is 3. The highest BCUT2D eigenvalue weighted by Gasteiger charge is 2.82. The molecule has 5 fully saturated rings. The number of hydrogen-bond acceptors (Lipinski definition) is 8. The number of epoxide rings is 1. The molecule has 222 valence electrons. The smallest absolute Gasteiger partial charge is 0.333 e. The van der Waals surface area contributed by atoms with Crippen LogP contribution in [0.2, 0.25) is 0 Å². The van der Waals surface area contributed by atoms with Crippen molar-refractivity contribution in [1.82, 2.24) is 0 Å². The van der Waals surface area contributed by atoms with E-state index < -0.39 is 23.2 Å². The third-order valence-electron chi connectivity index (χ3n) is 12.6. The van der Waals surface area contributed by atoms with E-state index in [9.17, 15) is 19.5 Å². The largest absolute Gasteiger partial charge is 0.465 e. The second kappa shape index (κ2) is 9.63. The lowest BCUT2D eigenvalue weighted by molar-refractivity contribution is -0.190. The Morgan fingerprint density at radius 2 is 1.90 bits per heavy atom. The molecule has 2 heterocycles. The van der Waals surface area contributed by atoms with Crippen LogP contribution >= 0.6 is 0 Å². The number of rotatable bonds is 6. The molecule has 6 aliphatic rings. The van der Waals surface area contributed by atoms with Gasteiger partial charge in [0.1, 0.15) is 23.6 Å². The van der Waals surface area contributed by atoms with Gasteiger partial charge in [0.15, 0.2) is 0 Å². The number of Topliss-reactive ketones (excluding diaryl/α,β-unsaturated/α-hetero) is 1. The Morgan fingerprint density at radius 1 is 1.15 bits per heavy atom. The van der Waals surface area contributed by atoms with Gasteiger partial charge >= 0.3 is 11.9 Å². The summed E-state index contributed by atoms with van der Waals surface area (Å²) >= 11 is 0. The third-order valence-corrected chi connectivity index (χ3v) is 12.6. The van der Waals surface area contributed by atoms with Crippen LogP contribution in [0.1, 0.15) is 86.5 Å². The van der Waals surface area contributed by atoms with Crippen LogP contribution in [0.4, 0.5) is 0 Å². The van der Waals surface area contributed by atoms with Crippen molar-refractivity contribution in [1.29, 1.82) is 0 Å². The Kier molecular flexibility index (Phi) is 6.83. The Bertz CT molecular complexity index is 1130. The molecule has 8 heteroatoms. The number of esters is 2. The summed E-state index contributed by atoms with van der Waals surface area (Å²) in [6.45, 7) is 12.3. The molecule has 8 nitrogen and oxygen atoms in total. The maximum absolute atomic E-state index is 13.9. The van der Waals surface area contributed by atoms with Crippen molar-refractivity contribution >= 4 is 17.7 Å². The number of ketones is 1. The maximum Gasteiger partial charge on any atom is 0.333 e. The van der Waals surface area contributed by atoms with Gasteiger partial charge in [0.05, 0.1) is 24.2 Å². The molecule has 12 unspecified atom stereocenters. The molecule has 1 spiro atoms. The molecule has 1 saturated heterocycles. The fraction of sp³-hybridized carbons (Fsp3) is 0.844. The highest BCUT2D eigenvalue weighted by atomic mass is 16.6. The second-order valence-electron chi connectivity index (χ2n) is 13.9. The average molecular weight is 559 g/mol. The van der Waals surface area contributed by atoms with E-state index in [2.05, 4.69) is 6.92 Å². The van der Waals surface area contributed by atoms with Crippen LogP contribution in [0.25, 0.3) is 0 Å². The summed E-state index contributed by atoms with van der Waals surface area (Å²) in [5.74, 6) is 0.598. The van der Waals surface area contributed by atoms with Crippen LogP contribution in [0.5, 0.6) is 0 Å². The zero-order chi connectivity index (χ0) is 28.8. The van der Waals surface area contributed by atoms with Crippen molar-refractivity contribution in [3.63, 3.8) is 0 Å². The first kappa shape index (κ1) is 28.4. The predicted molar refractivity (Wildman–Crippen MR) is 145 cm³/mol. The summed E-state index contributed by atoms with van der Waals surface area (Å²) in [4.78, 5) is 38.6. The van der Waals surface area contributed by atoms with Crippen LogP contribution in [0.15, 0.2) is 11.1 Å². The lowest BCUT2D eigenvalue weighted by atomic mass is 9.43. The molecule has 0 aromatic rings. The van der Waals surface area contributed by atoms with Gasteiger partial charge in [0.2, 0.25) is 0 Å². The highest BCUT2D eigenvalue weighted by Crippen LogP contribution is 2.74. The van der Waals surface area contributed by atoms with E-state index in [1.165, 1.54) is 6.92 Å². The topological polar surface area (TPSA) is 112 Å². The molecule has 6 rings (SSSR count). The van der Waals surface area contributed by atoms with Gasteiger partial charge in [-0.25, -0.2) is 4.79 Å². The minimum atomic E-state index is -0.859. The molecule has 0 bridgehead atoms. The van der Waals surface area contributed by atoms with Crippen molar-refractivity contribution < 1.29 is 38.4 Å². The quantitative estimate of drug-likeness (QED) is 0.382. The first-order chi connectivity index (χ1) is 18.9. The van der Waals surface area contributed by atoms with Crippen molar-refractivity contribution in [2.24, 2.45) is 40.4 Å². The van der Waals surface area contributed by atoms with E-state index in [1.807, 2.05) is 27.7 Å². The molecular formula is C32H46O8. The molecule has 4 aliphatic carbocycles. The molecule has 4 saturated carbocycles. The van der Waals surface area contributed by atoms with E-state index in [4.69, 9.17) is 18.9 Å². The Labute approximate surface area is 237 Å². The lowest BCUT2D eigenvalue weighted by Gasteiger charge is -2.60. The second-order valence-corrected chi connectivity index (χ2v) is 13.9. The minimum absolute atomic E-state index is 0.0980. The predicted octanol–water partition coefficient (Wildman–Crippen LogP) is 4.16. The number of aliphatic hydroxyl groups is 1. The van der Waals surface area contributed by atoms with E-state index in [1.54, 1.807) is 0 Å². The van der Waals surface area contributed by atoms with E-state index >= 15 is 0 Å². The van der Waals surface area contributed by atoms with Crippen molar-refractivity contribution in [3.05, 3.63) is 11.1 Å². The SMILES string of the molecule is CCOC1CC(=O)C2(C)C3CCC4(COC(C)=O)C(C(C)C5CC(C)=C(C)C(=O)O5)CCC4C3CC3OC32C1O. The summed E-state index contributed by atoms with van der Waals surface area (Å²) < 4.78 is 24.0. The molecule has 0 radical (unpaired) electrons. The fourth-order valence-corrected chi connectivity index (χ4v) is 10.5. The van der Waals surface area contributed by atoms with Crippen molar-refractivity contribution in [2.45, 2.75) is 117 Å². The number of aliphatic hydroxyl groups excluding tert-OH is 1. The zero-order valence-electron chi connectivity index (χ0n) is 24.9. The van der Waals surface area contributed by atoms with Crippen molar-refractivity contribution in [2.75, 3.05) is 13.2 Å². The maximum atomic E-state index is 13.9. The van der Waals surface area contributed by atoms with E-state index in [0.29, 0.717) is 18.8 Å². The number of cyclic esters (lactones) is 1. The molecule has 12 atom stereocenters. The Balaban J connectivity index is 1.32. The van der Waals surface area contributed by atoms with Gasteiger partial charge in [-0.3, -0.25) is 9.59 Å². The van der Waals surface area contributed by atoms with Crippen molar-refractivity contribution in [3.8, 4) is 0 Å². The number of fused-ring (bicyclic) bond motifs is 4. The minimum Gasteiger partial charge on any atom is -0.465 e. The first-order valence-electron chi connectivity index (χ1n) is 15.4. The standard InChI is InChI=1S/C32H46O8/c1-7-37-25-14-26(34)30(6)22-10-11-31(15-38-19(5)33)21(18(4)24-12-16(2)17(3)29(36)39-24)8-9-23(31)20(22)13-27-32(30,40-27)28(25)35/h18,20-25,27-28,35H,7-15H2,1-6H3. The van der Waals surface area contributed by atoms with Gasteiger partial charge in [-0.1, -0.05) is 12.5 Å². The van der Waals surface area contributed by atoms with Gasteiger partial charge in [0.25, 0.3) is 0 Å². The van der Waals surface area contributed by atoms with Crippen LogP contribution < -0.4 is 0 Å². The normalized spacial score (nSPS) is 48.4. The number of hydrogen-bond donors (Lipinski definition) is 1. The molecule has 0 aromatic carbocycles. The molecule has 40 heavy (non-hydrogen) atoms. The van der Waals surface area contributed by atoms with Gasteiger partial charge in [0, 0.05) is 37.4 Å². The van der Waals surface area contributed by atoms with Crippen LogP contribution in [-0.2, 0) is 33.3 Å². The van der Waals surface area contributed by atoms with E-state index in [-0.39, 0.29) is 71.4 Å². The van der Waals surface area contributed by atoms with Gasteiger partial charge in [-0.05, 0) is 89.4 Å². The van der Waals surface area contributed by atoms with Gasteiger partial charge in [-0.15, -0.1) is 0 Å². The van der Waals surface area contributed by atoms with Crippen LogP contribution in [-0.4, -0.2) is 66.1 Å². The summed E-state index contributed by atoms with van der Waals surface area (Å²) in [7, 11) is 0. The third kappa shape index (κ3) is 3.70. The average Bonchev–Trinajstić information content (AvgIpc) is 3.53. The van der Waals surface area contributed by atoms with Gasteiger partial charge < -0.3 is 24.1 Å².